The number of nitrogens with two attached hydrogens (primary N) is 1. The van der Waals surface area contributed by atoms with E-state index in [2.05, 4.69) is 9.88 Å². The van der Waals surface area contributed by atoms with Gasteiger partial charge in [0.25, 0.3) is 0 Å². The molecule has 0 radical (unpaired) electrons. The summed E-state index contributed by atoms with van der Waals surface area (Å²) in [5, 5.41) is 0. The number of nitrogens with zero attached hydrogens (tertiary/aromatic N) is 2. The predicted molar refractivity (Wildman–Crippen MR) is 85.2 cm³/mol. The van der Waals surface area contributed by atoms with E-state index in [4.69, 9.17) is 22.7 Å². The molecule has 0 aliphatic heterocycles. The fourth-order valence-corrected chi connectivity index (χ4v) is 2.08. The lowest BCUT2D eigenvalue weighted by atomic mass is 10.2. The number of hydrogen-bond donors (Lipinski definition) is 1. The van der Waals surface area contributed by atoms with Crippen LogP contribution in [0.2, 0.25) is 0 Å². The Morgan fingerprint density at radius 2 is 2.10 bits per heavy atom. The minimum absolute atomic E-state index is 0.303. The van der Waals surface area contributed by atoms with Crippen LogP contribution >= 0.6 is 12.2 Å². The van der Waals surface area contributed by atoms with Crippen molar-refractivity contribution >= 4 is 22.9 Å². The summed E-state index contributed by atoms with van der Waals surface area (Å²) in [7, 11) is 3.68. The summed E-state index contributed by atoms with van der Waals surface area (Å²) in [6.07, 6.45) is 1.71. The first kappa shape index (κ1) is 14.3. The molecule has 0 fully saturated rings. The van der Waals surface area contributed by atoms with Gasteiger partial charge in [0.1, 0.15) is 10.7 Å². The van der Waals surface area contributed by atoms with Crippen LogP contribution in [0.3, 0.4) is 0 Å². The number of pyridine rings is 1. The zero-order chi connectivity index (χ0) is 14.5. The molecule has 104 valence electrons. The number of hydrogen-bond acceptors (Lipinski definition) is 4. The van der Waals surface area contributed by atoms with Gasteiger partial charge < -0.3 is 15.4 Å². The van der Waals surface area contributed by atoms with E-state index in [1.165, 1.54) is 0 Å². The van der Waals surface area contributed by atoms with Crippen molar-refractivity contribution in [2.45, 2.75) is 6.54 Å². The molecule has 1 heterocycles. The van der Waals surface area contributed by atoms with Crippen LogP contribution in [0.15, 0.2) is 42.6 Å². The van der Waals surface area contributed by atoms with Gasteiger partial charge in [-0.1, -0.05) is 30.4 Å². The predicted octanol–water partition coefficient (Wildman–Crippen LogP) is 2.36. The first-order valence-corrected chi connectivity index (χ1v) is 6.61. The van der Waals surface area contributed by atoms with Crippen LogP contribution in [0.1, 0.15) is 11.3 Å². The zero-order valence-electron chi connectivity index (χ0n) is 11.5. The van der Waals surface area contributed by atoms with Crippen LogP contribution in [0, 0.1) is 0 Å². The van der Waals surface area contributed by atoms with Crippen LogP contribution in [-0.4, -0.2) is 24.1 Å². The van der Waals surface area contributed by atoms with E-state index >= 15 is 0 Å². The summed E-state index contributed by atoms with van der Waals surface area (Å²) in [6, 6.07) is 11.8. The van der Waals surface area contributed by atoms with Crippen molar-refractivity contribution in [1.29, 1.82) is 0 Å². The maximum Gasteiger partial charge on any atom is 0.123 e. The second-order valence-electron chi connectivity index (χ2n) is 4.43. The second kappa shape index (κ2) is 6.34. The van der Waals surface area contributed by atoms with E-state index in [-0.39, 0.29) is 0 Å². The van der Waals surface area contributed by atoms with Gasteiger partial charge in [-0.25, -0.2) is 0 Å². The number of thiocarbonyl (C=S) groups is 1. The molecule has 2 rings (SSSR count). The molecule has 1 aromatic heterocycles. The van der Waals surface area contributed by atoms with Gasteiger partial charge in [0.15, 0.2) is 0 Å². The number of ether oxygens (including phenoxy) is 1. The monoisotopic (exact) mass is 287 g/mol. The number of para-hydroxylation sites is 1. The first-order chi connectivity index (χ1) is 9.61. The SMILES string of the molecule is COc1ccccc1CN(C)c1ccnc(C(N)=S)c1. The maximum atomic E-state index is 5.61. The largest absolute Gasteiger partial charge is 0.496 e. The zero-order valence-corrected chi connectivity index (χ0v) is 12.4. The molecule has 2 aromatic rings. The van der Waals surface area contributed by atoms with Gasteiger partial charge in [-0.2, -0.15) is 0 Å². The molecule has 20 heavy (non-hydrogen) atoms. The number of anilines is 1. The van der Waals surface area contributed by atoms with Crippen LogP contribution in [-0.2, 0) is 6.54 Å². The van der Waals surface area contributed by atoms with Crippen molar-refractivity contribution < 1.29 is 4.74 Å². The highest BCUT2D eigenvalue weighted by Gasteiger charge is 2.08. The fourth-order valence-electron chi connectivity index (χ4n) is 1.97. The summed E-state index contributed by atoms with van der Waals surface area (Å²) < 4.78 is 5.36. The molecule has 0 aliphatic rings. The van der Waals surface area contributed by atoms with Crippen molar-refractivity contribution in [1.82, 2.24) is 4.98 Å². The number of aromatic nitrogens is 1. The molecule has 0 unspecified atom stereocenters. The molecule has 0 atom stereocenters. The molecule has 0 aliphatic carbocycles. The lowest BCUT2D eigenvalue weighted by Crippen LogP contribution is -2.18. The van der Waals surface area contributed by atoms with Gasteiger partial charge in [0.05, 0.1) is 12.8 Å². The second-order valence-corrected chi connectivity index (χ2v) is 4.87. The van der Waals surface area contributed by atoms with Crippen LogP contribution in [0.25, 0.3) is 0 Å². The number of benzene rings is 1. The van der Waals surface area contributed by atoms with Crippen LogP contribution in [0.5, 0.6) is 5.75 Å². The van der Waals surface area contributed by atoms with Gasteiger partial charge in [0, 0.05) is 31.0 Å². The summed E-state index contributed by atoms with van der Waals surface area (Å²) in [6.45, 7) is 0.727. The Hall–Kier alpha value is -2.14. The average Bonchev–Trinajstić information content (AvgIpc) is 2.48. The number of rotatable bonds is 5. The Morgan fingerprint density at radius 3 is 2.80 bits per heavy atom. The van der Waals surface area contributed by atoms with Gasteiger partial charge in [-0.05, 0) is 18.2 Å². The lowest BCUT2D eigenvalue weighted by Gasteiger charge is -2.21. The third kappa shape index (κ3) is 3.24. The van der Waals surface area contributed by atoms with Gasteiger partial charge in [-0.3, -0.25) is 4.98 Å². The van der Waals surface area contributed by atoms with Crippen LogP contribution < -0.4 is 15.4 Å². The minimum Gasteiger partial charge on any atom is -0.496 e. The summed E-state index contributed by atoms with van der Waals surface area (Å²) in [4.78, 5) is 6.55. The van der Waals surface area contributed by atoms with E-state index in [0.717, 1.165) is 23.5 Å². The molecule has 0 spiro atoms. The quantitative estimate of drug-likeness (QED) is 0.856. The standard InChI is InChI=1S/C15H17N3OS/c1-18(10-11-5-3-4-6-14(11)19-2)12-7-8-17-13(9-12)15(16)20/h3-9H,10H2,1-2H3,(H2,16,20). The van der Waals surface area contributed by atoms with Crippen molar-refractivity contribution in [3.8, 4) is 5.75 Å². The first-order valence-electron chi connectivity index (χ1n) is 6.20. The molecule has 0 bridgehead atoms. The molecule has 0 amide bonds. The van der Waals surface area contributed by atoms with Crippen molar-refractivity contribution in [3.05, 3.63) is 53.9 Å². The Labute approximate surface area is 124 Å². The Kier molecular flexibility index (Phi) is 4.53. The van der Waals surface area contributed by atoms with Crippen LogP contribution in [0.4, 0.5) is 5.69 Å². The Balaban J connectivity index is 2.21. The smallest absolute Gasteiger partial charge is 0.123 e. The summed E-state index contributed by atoms with van der Waals surface area (Å²) in [5.74, 6) is 0.878. The Morgan fingerprint density at radius 1 is 1.35 bits per heavy atom. The summed E-state index contributed by atoms with van der Waals surface area (Å²) >= 11 is 4.95. The molecule has 4 nitrogen and oxygen atoms in total. The third-order valence-electron chi connectivity index (χ3n) is 3.04. The Bertz CT molecular complexity index is 616. The molecule has 0 saturated carbocycles. The fraction of sp³-hybridized carbons (Fsp3) is 0.200. The molecule has 0 saturated heterocycles. The number of methoxy groups -OCH3 is 1. The third-order valence-corrected chi connectivity index (χ3v) is 3.25. The van der Waals surface area contributed by atoms with Gasteiger partial charge in [-0.15, -0.1) is 0 Å². The van der Waals surface area contributed by atoms with E-state index in [0.29, 0.717) is 10.7 Å². The maximum absolute atomic E-state index is 5.61. The van der Waals surface area contributed by atoms with Gasteiger partial charge >= 0.3 is 0 Å². The van der Waals surface area contributed by atoms with Gasteiger partial charge in [0.2, 0.25) is 0 Å². The highest BCUT2D eigenvalue weighted by atomic mass is 32.1. The lowest BCUT2D eigenvalue weighted by molar-refractivity contribution is 0.409. The normalized spacial score (nSPS) is 10.1. The minimum atomic E-state index is 0.303. The summed E-state index contributed by atoms with van der Waals surface area (Å²) in [5.41, 5.74) is 8.37. The molecule has 5 heteroatoms. The van der Waals surface area contributed by atoms with E-state index in [1.54, 1.807) is 13.3 Å². The topological polar surface area (TPSA) is 51.4 Å². The highest BCUT2D eigenvalue weighted by molar-refractivity contribution is 7.80. The molecule has 1 aromatic carbocycles. The molecular weight excluding hydrogens is 270 g/mol. The van der Waals surface area contributed by atoms with Crippen molar-refractivity contribution in [2.24, 2.45) is 5.73 Å². The highest BCUT2D eigenvalue weighted by Crippen LogP contribution is 2.22. The van der Waals surface area contributed by atoms with Crippen molar-refractivity contribution in [2.75, 3.05) is 19.1 Å². The molecular formula is C15H17N3OS. The average molecular weight is 287 g/mol. The van der Waals surface area contributed by atoms with E-state index < -0.39 is 0 Å². The van der Waals surface area contributed by atoms with E-state index in [1.807, 2.05) is 43.4 Å². The van der Waals surface area contributed by atoms with E-state index in [9.17, 15) is 0 Å². The van der Waals surface area contributed by atoms with Crippen molar-refractivity contribution in [3.63, 3.8) is 0 Å². The molecule has 2 N–H and O–H groups in total.